The first-order valence-corrected chi connectivity index (χ1v) is 12.8. The van der Waals surface area contributed by atoms with Crippen molar-refractivity contribution in [2.24, 2.45) is 5.92 Å². The average molecular weight is 481 g/mol. The second-order valence-corrected chi connectivity index (χ2v) is 10.3. The molecule has 1 atom stereocenters. The minimum atomic E-state index is -3.71. The molecule has 0 aromatic heterocycles. The number of ether oxygens (including phenoxy) is 1. The fourth-order valence-electron chi connectivity index (χ4n) is 4.18. The summed E-state index contributed by atoms with van der Waals surface area (Å²) in [7, 11) is -3.71. The van der Waals surface area contributed by atoms with Crippen molar-refractivity contribution in [3.05, 3.63) is 72.3 Å². The number of hydrogen-bond donors (Lipinski definition) is 1. The molecule has 1 fully saturated rings. The van der Waals surface area contributed by atoms with Gasteiger partial charge in [-0.25, -0.2) is 8.42 Å². The zero-order valence-corrected chi connectivity index (χ0v) is 19.9. The Kier molecular flexibility index (Phi) is 7.29. The van der Waals surface area contributed by atoms with Crippen molar-refractivity contribution in [1.29, 1.82) is 0 Å². The zero-order valence-electron chi connectivity index (χ0n) is 19.1. The van der Waals surface area contributed by atoms with E-state index in [1.54, 1.807) is 43.3 Å². The second-order valence-electron chi connectivity index (χ2n) is 8.38. The van der Waals surface area contributed by atoms with Gasteiger partial charge in [0.05, 0.1) is 23.8 Å². The molecule has 8 heteroatoms. The van der Waals surface area contributed by atoms with Crippen LogP contribution in [0.1, 0.15) is 25.3 Å². The highest BCUT2D eigenvalue weighted by Crippen LogP contribution is 2.27. The van der Waals surface area contributed by atoms with E-state index in [1.807, 2.05) is 30.3 Å². The Hall–Kier alpha value is -3.23. The van der Waals surface area contributed by atoms with Gasteiger partial charge >= 0.3 is 5.97 Å². The van der Waals surface area contributed by atoms with Crippen LogP contribution >= 0.6 is 0 Å². The van der Waals surface area contributed by atoms with Crippen molar-refractivity contribution >= 4 is 38.4 Å². The minimum absolute atomic E-state index is 0.141. The minimum Gasteiger partial charge on any atom is -0.466 e. The maximum absolute atomic E-state index is 13.3. The lowest BCUT2D eigenvalue weighted by Gasteiger charge is -2.31. The number of hydrogen-bond acceptors (Lipinski definition) is 5. The van der Waals surface area contributed by atoms with E-state index in [0.717, 1.165) is 16.3 Å². The molecule has 0 bridgehead atoms. The van der Waals surface area contributed by atoms with E-state index in [4.69, 9.17) is 4.74 Å². The topological polar surface area (TPSA) is 92.8 Å². The molecule has 1 aliphatic rings. The summed E-state index contributed by atoms with van der Waals surface area (Å²) in [5.74, 6) is -0.950. The molecule has 0 unspecified atom stereocenters. The standard InChI is InChI=1S/C26H28N2O5S/c1-2-33-25(29)16-19-9-12-23(13-10-19)27-26(30)22-8-5-15-28(18-22)34(31,32)24-14-11-20-6-3-4-7-21(20)17-24/h3-4,6-7,9-14,17,22H,2,5,8,15-16,18H2,1H3,(H,27,30)/t22-/m0/s1. The normalized spacial score (nSPS) is 16.8. The molecule has 1 saturated heterocycles. The number of benzene rings is 3. The Morgan fingerprint density at radius 3 is 2.50 bits per heavy atom. The van der Waals surface area contributed by atoms with E-state index in [2.05, 4.69) is 5.32 Å². The molecule has 178 valence electrons. The summed E-state index contributed by atoms with van der Waals surface area (Å²) in [4.78, 5) is 24.7. The van der Waals surface area contributed by atoms with Gasteiger partial charge in [0.25, 0.3) is 0 Å². The van der Waals surface area contributed by atoms with Gasteiger partial charge in [-0.05, 0) is 60.4 Å². The number of rotatable bonds is 7. The molecular weight excluding hydrogens is 452 g/mol. The number of amides is 1. The van der Waals surface area contributed by atoms with Crippen LogP contribution in [-0.2, 0) is 30.8 Å². The van der Waals surface area contributed by atoms with Gasteiger partial charge < -0.3 is 10.1 Å². The van der Waals surface area contributed by atoms with Gasteiger partial charge in [-0.1, -0.05) is 42.5 Å². The molecule has 1 aliphatic heterocycles. The van der Waals surface area contributed by atoms with E-state index >= 15 is 0 Å². The van der Waals surface area contributed by atoms with Crippen LogP contribution in [0.15, 0.2) is 71.6 Å². The Morgan fingerprint density at radius 2 is 1.76 bits per heavy atom. The predicted molar refractivity (Wildman–Crippen MR) is 131 cm³/mol. The van der Waals surface area contributed by atoms with Crippen molar-refractivity contribution in [3.63, 3.8) is 0 Å². The monoisotopic (exact) mass is 480 g/mol. The first-order valence-electron chi connectivity index (χ1n) is 11.4. The summed E-state index contributed by atoms with van der Waals surface area (Å²) >= 11 is 0. The number of nitrogens with one attached hydrogen (secondary N) is 1. The van der Waals surface area contributed by atoms with E-state index < -0.39 is 15.9 Å². The lowest BCUT2D eigenvalue weighted by atomic mass is 9.98. The lowest BCUT2D eigenvalue weighted by molar-refractivity contribution is -0.142. The predicted octanol–water partition coefficient (Wildman–Crippen LogP) is 3.98. The smallest absolute Gasteiger partial charge is 0.310 e. The Morgan fingerprint density at radius 1 is 1.03 bits per heavy atom. The molecule has 0 saturated carbocycles. The first kappa shape index (κ1) is 23.9. The zero-order chi connectivity index (χ0) is 24.1. The summed E-state index contributed by atoms with van der Waals surface area (Å²) in [6.07, 6.45) is 1.41. The number of esters is 1. The number of carbonyl (C=O) groups excluding carboxylic acids is 2. The number of fused-ring (bicyclic) bond motifs is 1. The number of sulfonamides is 1. The van der Waals surface area contributed by atoms with Gasteiger partial charge in [-0.15, -0.1) is 0 Å². The summed E-state index contributed by atoms with van der Waals surface area (Å²) in [6, 6.07) is 19.7. The van der Waals surface area contributed by atoms with Crippen LogP contribution in [0.5, 0.6) is 0 Å². The maximum Gasteiger partial charge on any atom is 0.310 e. The van der Waals surface area contributed by atoms with Crippen LogP contribution in [0, 0.1) is 5.92 Å². The largest absolute Gasteiger partial charge is 0.466 e. The van der Waals surface area contributed by atoms with Gasteiger partial charge in [0.15, 0.2) is 0 Å². The van der Waals surface area contributed by atoms with Crippen LogP contribution in [0.4, 0.5) is 5.69 Å². The van der Waals surface area contributed by atoms with Crippen molar-refractivity contribution in [2.45, 2.75) is 31.1 Å². The third kappa shape index (κ3) is 5.46. The first-order chi connectivity index (χ1) is 16.4. The molecule has 34 heavy (non-hydrogen) atoms. The highest BCUT2D eigenvalue weighted by atomic mass is 32.2. The summed E-state index contributed by atoms with van der Waals surface area (Å²) in [5.41, 5.74) is 1.40. The molecular formula is C26H28N2O5S. The molecule has 3 aromatic carbocycles. The van der Waals surface area contributed by atoms with Crippen LogP contribution in [0.3, 0.4) is 0 Å². The number of carbonyl (C=O) groups is 2. The summed E-state index contributed by atoms with van der Waals surface area (Å²) in [6.45, 7) is 2.63. The molecule has 1 heterocycles. The van der Waals surface area contributed by atoms with Crippen LogP contribution < -0.4 is 5.32 Å². The Bertz CT molecular complexity index is 1290. The van der Waals surface area contributed by atoms with Gasteiger partial charge in [-0.3, -0.25) is 9.59 Å². The Balaban J connectivity index is 1.41. The third-order valence-corrected chi connectivity index (χ3v) is 7.85. The molecule has 0 aliphatic carbocycles. The van der Waals surface area contributed by atoms with E-state index in [9.17, 15) is 18.0 Å². The van der Waals surface area contributed by atoms with Crippen molar-refractivity contribution in [2.75, 3.05) is 25.0 Å². The van der Waals surface area contributed by atoms with E-state index in [1.165, 1.54) is 4.31 Å². The van der Waals surface area contributed by atoms with Crippen molar-refractivity contribution in [3.8, 4) is 0 Å². The molecule has 1 N–H and O–H groups in total. The quantitative estimate of drug-likeness (QED) is 0.517. The van der Waals surface area contributed by atoms with Gasteiger partial charge in [0.1, 0.15) is 0 Å². The SMILES string of the molecule is CCOC(=O)Cc1ccc(NC(=O)[C@H]2CCCN(S(=O)(=O)c3ccc4ccccc4c3)C2)cc1. The average Bonchev–Trinajstić information content (AvgIpc) is 2.85. The highest BCUT2D eigenvalue weighted by Gasteiger charge is 2.33. The van der Waals surface area contributed by atoms with Gasteiger partial charge in [0, 0.05) is 18.8 Å². The number of piperidine rings is 1. The van der Waals surface area contributed by atoms with Gasteiger partial charge in [0.2, 0.25) is 15.9 Å². The van der Waals surface area contributed by atoms with Crippen molar-refractivity contribution in [1.82, 2.24) is 4.31 Å². The van der Waals surface area contributed by atoms with E-state index in [0.29, 0.717) is 31.7 Å². The number of nitrogens with zero attached hydrogens (tertiary/aromatic N) is 1. The number of anilines is 1. The molecule has 4 rings (SSSR count). The molecule has 0 radical (unpaired) electrons. The molecule has 3 aromatic rings. The molecule has 0 spiro atoms. The third-order valence-electron chi connectivity index (χ3n) is 5.99. The van der Waals surface area contributed by atoms with Crippen LogP contribution in [0.2, 0.25) is 0 Å². The fourth-order valence-corrected chi connectivity index (χ4v) is 5.74. The maximum atomic E-state index is 13.3. The van der Waals surface area contributed by atoms with Crippen LogP contribution in [-0.4, -0.2) is 44.3 Å². The van der Waals surface area contributed by atoms with Gasteiger partial charge in [-0.2, -0.15) is 4.31 Å². The lowest BCUT2D eigenvalue weighted by Crippen LogP contribution is -2.43. The second kappa shape index (κ2) is 10.4. The molecule has 7 nitrogen and oxygen atoms in total. The fraction of sp³-hybridized carbons (Fsp3) is 0.308. The van der Waals surface area contributed by atoms with E-state index in [-0.39, 0.29) is 29.7 Å². The Labute approximate surface area is 199 Å². The van der Waals surface area contributed by atoms with Crippen molar-refractivity contribution < 1.29 is 22.7 Å². The summed E-state index contributed by atoms with van der Waals surface area (Å²) in [5, 5.41) is 4.72. The highest BCUT2D eigenvalue weighted by molar-refractivity contribution is 7.89. The summed E-state index contributed by atoms with van der Waals surface area (Å²) < 4.78 is 32.9. The van der Waals surface area contributed by atoms with Crippen LogP contribution in [0.25, 0.3) is 10.8 Å². The molecule has 1 amide bonds.